The summed E-state index contributed by atoms with van der Waals surface area (Å²) in [5, 5.41) is 2.57. The largest absolute Gasteiger partial charge is 0.326 e. The van der Waals surface area contributed by atoms with Crippen molar-refractivity contribution >= 4 is 21.8 Å². The van der Waals surface area contributed by atoms with Crippen molar-refractivity contribution in [1.29, 1.82) is 0 Å². The first kappa shape index (κ1) is 16.8. The van der Waals surface area contributed by atoms with E-state index < -0.39 is 0 Å². The zero-order valence-electron chi connectivity index (χ0n) is 16.4. The van der Waals surface area contributed by atoms with E-state index in [4.69, 9.17) is 0 Å². The molecule has 0 bridgehead atoms. The van der Waals surface area contributed by atoms with Gasteiger partial charge >= 0.3 is 0 Å². The zero-order chi connectivity index (χ0) is 19.3. The minimum Gasteiger partial charge on any atom is -0.326 e. The maximum absolute atomic E-state index is 4.60. The van der Waals surface area contributed by atoms with Gasteiger partial charge in [0.15, 0.2) is 0 Å². The van der Waals surface area contributed by atoms with Gasteiger partial charge in [-0.3, -0.25) is 0 Å². The molecule has 0 fully saturated rings. The van der Waals surface area contributed by atoms with Crippen LogP contribution in [0.2, 0.25) is 0 Å². The third-order valence-electron chi connectivity index (χ3n) is 5.33. The second-order valence-corrected chi connectivity index (χ2v) is 8.21. The molecule has 0 unspecified atom stereocenters. The summed E-state index contributed by atoms with van der Waals surface area (Å²) in [6, 6.07) is 25.9. The first-order valence-electron chi connectivity index (χ1n) is 9.67. The predicted molar refractivity (Wildman–Crippen MR) is 117 cm³/mol. The van der Waals surface area contributed by atoms with Gasteiger partial charge in [-0.2, -0.15) is 0 Å². The first-order chi connectivity index (χ1) is 13.5. The molecule has 0 radical (unpaired) electrons. The summed E-state index contributed by atoms with van der Waals surface area (Å²) in [7, 11) is 0. The smallest absolute Gasteiger partial charge is 0.140 e. The molecule has 3 nitrogen and oxygen atoms in total. The summed E-state index contributed by atoms with van der Waals surface area (Å²) in [5.74, 6) is 1.00. The normalized spacial score (nSPS) is 12.1. The number of aromatic nitrogens is 3. The van der Waals surface area contributed by atoms with Crippen molar-refractivity contribution in [2.24, 2.45) is 0 Å². The molecule has 0 spiro atoms. The summed E-state index contributed by atoms with van der Waals surface area (Å²) in [5.41, 5.74) is 4.75. The number of hydrogen-bond acceptors (Lipinski definition) is 1. The fourth-order valence-corrected chi connectivity index (χ4v) is 4.02. The van der Waals surface area contributed by atoms with Crippen molar-refractivity contribution in [3.8, 4) is 17.1 Å². The third-order valence-corrected chi connectivity index (χ3v) is 5.33. The van der Waals surface area contributed by atoms with Crippen molar-refractivity contribution < 1.29 is 0 Å². The Labute approximate surface area is 164 Å². The summed E-state index contributed by atoms with van der Waals surface area (Å²) >= 11 is 0. The lowest BCUT2D eigenvalue weighted by atomic mass is 10.1. The Morgan fingerprint density at radius 3 is 1.86 bits per heavy atom. The molecule has 0 aliphatic carbocycles. The van der Waals surface area contributed by atoms with Crippen molar-refractivity contribution in [3.05, 3.63) is 85.2 Å². The van der Waals surface area contributed by atoms with Crippen LogP contribution in [0, 0.1) is 0 Å². The molecule has 3 heteroatoms. The molecule has 138 valence electrons. The van der Waals surface area contributed by atoms with Crippen LogP contribution in [0.1, 0.15) is 20.8 Å². The van der Waals surface area contributed by atoms with Crippen molar-refractivity contribution in [2.75, 3.05) is 0 Å². The number of nitrogens with zero attached hydrogens (tertiary/aromatic N) is 3. The Balaban J connectivity index is 1.67. The SMILES string of the molecule is CC(C)(C)n1ccnc1-c1ccc(-n2c3ccccc3c3ccccc32)cc1. The van der Waals surface area contributed by atoms with Gasteiger partial charge in [-0.15, -0.1) is 0 Å². The van der Waals surface area contributed by atoms with Crippen LogP contribution in [-0.2, 0) is 5.54 Å². The fraction of sp³-hybridized carbons (Fsp3) is 0.160. The highest BCUT2D eigenvalue weighted by Crippen LogP contribution is 2.32. The Morgan fingerprint density at radius 1 is 0.714 bits per heavy atom. The molecule has 0 aliphatic heterocycles. The van der Waals surface area contributed by atoms with Gasteiger partial charge in [0.1, 0.15) is 5.82 Å². The molecule has 0 N–H and O–H groups in total. The molecule has 0 saturated heterocycles. The minimum absolute atomic E-state index is 0.00264. The number of imidazole rings is 1. The molecular formula is C25H23N3. The van der Waals surface area contributed by atoms with Crippen molar-refractivity contribution in [2.45, 2.75) is 26.3 Å². The Bertz CT molecular complexity index is 1230. The van der Waals surface area contributed by atoms with Gasteiger partial charge in [-0.25, -0.2) is 4.98 Å². The molecule has 2 heterocycles. The van der Waals surface area contributed by atoms with Crippen LogP contribution in [-0.4, -0.2) is 14.1 Å². The van der Waals surface area contributed by atoms with Crippen molar-refractivity contribution in [1.82, 2.24) is 14.1 Å². The lowest BCUT2D eigenvalue weighted by Gasteiger charge is -2.23. The van der Waals surface area contributed by atoms with Crippen LogP contribution in [0.4, 0.5) is 0 Å². The number of para-hydroxylation sites is 2. The van der Waals surface area contributed by atoms with E-state index in [1.807, 2.05) is 6.20 Å². The number of benzene rings is 3. The van der Waals surface area contributed by atoms with Gasteiger partial charge in [0, 0.05) is 40.0 Å². The summed E-state index contributed by atoms with van der Waals surface area (Å²) in [6.45, 7) is 6.60. The molecule has 3 aromatic carbocycles. The molecule has 0 aliphatic rings. The lowest BCUT2D eigenvalue weighted by molar-refractivity contribution is 0.401. The van der Waals surface area contributed by atoms with E-state index in [1.165, 1.54) is 21.8 Å². The maximum Gasteiger partial charge on any atom is 0.140 e. The summed E-state index contributed by atoms with van der Waals surface area (Å²) in [4.78, 5) is 4.60. The minimum atomic E-state index is -0.00264. The second kappa shape index (κ2) is 6.10. The Hall–Kier alpha value is -3.33. The molecule has 0 saturated carbocycles. The van der Waals surface area contributed by atoms with Gasteiger partial charge in [-0.05, 0) is 57.2 Å². The van der Waals surface area contributed by atoms with Gasteiger partial charge in [0.25, 0.3) is 0 Å². The summed E-state index contributed by atoms with van der Waals surface area (Å²) < 4.78 is 4.56. The highest BCUT2D eigenvalue weighted by Gasteiger charge is 2.18. The molecular weight excluding hydrogens is 342 g/mol. The van der Waals surface area contributed by atoms with Gasteiger partial charge in [0.05, 0.1) is 11.0 Å². The van der Waals surface area contributed by atoms with Gasteiger partial charge in [0.2, 0.25) is 0 Å². The quantitative estimate of drug-likeness (QED) is 0.355. The number of rotatable bonds is 2. The fourth-order valence-electron chi connectivity index (χ4n) is 4.02. The van der Waals surface area contributed by atoms with E-state index in [-0.39, 0.29) is 5.54 Å². The Morgan fingerprint density at radius 2 is 1.29 bits per heavy atom. The molecule has 5 aromatic rings. The van der Waals surface area contributed by atoms with E-state index in [1.54, 1.807) is 0 Å². The van der Waals surface area contributed by atoms with E-state index in [9.17, 15) is 0 Å². The maximum atomic E-state index is 4.60. The van der Waals surface area contributed by atoms with E-state index in [2.05, 4.69) is 114 Å². The van der Waals surface area contributed by atoms with Crippen LogP contribution >= 0.6 is 0 Å². The third kappa shape index (κ3) is 2.55. The Kier molecular flexibility index (Phi) is 3.66. The van der Waals surface area contributed by atoms with Crippen LogP contribution in [0.5, 0.6) is 0 Å². The van der Waals surface area contributed by atoms with Crippen LogP contribution in [0.25, 0.3) is 38.9 Å². The molecule has 28 heavy (non-hydrogen) atoms. The predicted octanol–water partition coefficient (Wildman–Crippen LogP) is 6.40. The standard InChI is InChI=1S/C25H23N3/c1-25(2,3)27-17-16-26-24(27)18-12-14-19(15-13-18)28-22-10-6-4-8-20(22)21-9-5-7-11-23(21)28/h4-17H,1-3H3. The van der Waals surface area contributed by atoms with Gasteiger partial charge < -0.3 is 9.13 Å². The van der Waals surface area contributed by atoms with Crippen LogP contribution < -0.4 is 0 Å². The summed E-state index contributed by atoms with van der Waals surface area (Å²) in [6.07, 6.45) is 3.93. The molecule has 0 atom stereocenters. The van der Waals surface area contributed by atoms with E-state index in [0.717, 1.165) is 17.1 Å². The van der Waals surface area contributed by atoms with Crippen molar-refractivity contribution in [3.63, 3.8) is 0 Å². The molecule has 2 aromatic heterocycles. The highest BCUT2D eigenvalue weighted by molar-refractivity contribution is 6.09. The zero-order valence-corrected chi connectivity index (χ0v) is 16.4. The second-order valence-electron chi connectivity index (χ2n) is 8.21. The first-order valence-corrected chi connectivity index (χ1v) is 9.67. The van der Waals surface area contributed by atoms with E-state index >= 15 is 0 Å². The molecule has 5 rings (SSSR count). The lowest BCUT2D eigenvalue weighted by Crippen LogP contribution is -2.21. The number of fused-ring (bicyclic) bond motifs is 3. The average molecular weight is 365 g/mol. The highest BCUT2D eigenvalue weighted by atomic mass is 15.1. The van der Waals surface area contributed by atoms with Crippen LogP contribution in [0.3, 0.4) is 0 Å². The van der Waals surface area contributed by atoms with E-state index in [0.29, 0.717) is 0 Å². The van der Waals surface area contributed by atoms with Crippen LogP contribution in [0.15, 0.2) is 85.2 Å². The van der Waals surface area contributed by atoms with Gasteiger partial charge in [-0.1, -0.05) is 36.4 Å². The topological polar surface area (TPSA) is 22.8 Å². The monoisotopic (exact) mass is 365 g/mol. The average Bonchev–Trinajstić information content (AvgIpc) is 3.31. The number of hydrogen-bond donors (Lipinski definition) is 0. The molecule has 0 amide bonds.